The molecular formula is C16H23NO4. The number of benzene rings is 1. The first kappa shape index (κ1) is 17.0. The smallest absolute Gasteiger partial charge is 0.411 e. The van der Waals surface area contributed by atoms with Crippen LogP contribution in [0.2, 0.25) is 0 Å². The van der Waals surface area contributed by atoms with Crippen LogP contribution in [-0.2, 0) is 16.1 Å². The lowest BCUT2D eigenvalue weighted by Gasteiger charge is -2.33. The number of carboxylic acids is 1. The van der Waals surface area contributed by atoms with Gasteiger partial charge in [-0.25, -0.2) is 9.59 Å². The molecule has 0 aliphatic heterocycles. The largest absolute Gasteiger partial charge is 0.480 e. The van der Waals surface area contributed by atoms with Crippen molar-refractivity contribution in [2.75, 3.05) is 0 Å². The summed E-state index contributed by atoms with van der Waals surface area (Å²) in [6.07, 6.45) is -0.602. The standard InChI is InChI=1S/C16H23NO4/c1-11(2)14(15(18)19)17(12(3)4)16(20)21-10-13-8-6-5-7-9-13/h5-9,11-12,14H,10H2,1-4H3,(H,18,19). The lowest BCUT2D eigenvalue weighted by Crippen LogP contribution is -2.51. The molecule has 0 spiro atoms. The van der Waals surface area contributed by atoms with Gasteiger partial charge in [0.25, 0.3) is 0 Å². The number of hydrogen-bond acceptors (Lipinski definition) is 3. The Hall–Kier alpha value is -2.04. The Morgan fingerprint density at radius 3 is 2.14 bits per heavy atom. The minimum atomic E-state index is -1.02. The highest BCUT2D eigenvalue weighted by atomic mass is 16.6. The van der Waals surface area contributed by atoms with Gasteiger partial charge in [-0.05, 0) is 25.3 Å². The Kier molecular flexibility index (Phi) is 6.21. The molecule has 1 rings (SSSR count). The van der Waals surface area contributed by atoms with Crippen molar-refractivity contribution in [3.63, 3.8) is 0 Å². The van der Waals surface area contributed by atoms with Crippen molar-refractivity contribution >= 4 is 12.1 Å². The van der Waals surface area contributed by atoms with Crippen molar-refractivity contribution in [2.24, 2.45) is 5.92 Å². The summed E-state index contributed by atoms with van der Waals surface area (Å²) in [6, 6.07) is 8.15. The van der Waals surface area contributed by atoms with Crippen molar-refractivity contribution in [2.45, 2.75) is 46.4 Å². The lowest BCUT2D eigenvalue weighted by atomic mass is 10.0. The lowest BCUT2D eigenvalue weighted by molar-refractivity contribution is -0.145. The predicted molar refractivity (Wildman–Crippen MR) is 79.9 cm³/mol. The van der Waals surface area contributed by atoms with Gasteiger partial charge in [0.2, 0.25) is 0 Å². The summed E-state index contributed by atoms with van der Waals surface area (Å²) in [6.45, 7) is 7.24. The third-order valence-corrected chi connectivity index (χ3v) is 3.16. The number of ether oxygens (including phenoxy) is 1. The van der Waals surface area contributed by atoms with Crippen LogP contribution >= 0.6 is 0 Å². The highest BCUT2D eigenvalue weighted by Gasteiger charge is 2.35. The van der Waals surface area contributed by atoms with Gasteiger partial charge >= 0.3 is 12.1 Å². The first-order chi connectivity index (χ1) is 9.84. The minimum absolute atomic E-state index is 0.132. The van der Waals surface area contributed by atoms with Crippen molar-refractivity contribution < 1.29 is 19.4 Å². The molecule has 0 saturated carbocycles. The zero-order chi connectivity index (χ0) is 16.0. The predicted octanol–water partition coefficient (Wildman–Crippen LogP) is 3.14. The number of carbonyl (C=O) groups is 2. The Bertz CT molecular complexity index is 470. The Labute approximate surface area is 125 Å². The fraction of sp³-hybridized carbons (Fsp3) is 0.500. The van der Waals surface area contributed by atoms with Crippen LogP contribution in [0.15, 0.2) is 30.3 Å². The normalized spacial score (nSPS) is 12.3. The molecule has 0 fully saturated rings. The summed E-state index contributed by atoms with van der Waals surface area (Å²) < 4.78 is 5.26. The van der Waals surface area contributed by atoms with E-state index in [-0.39, 0.29) is 18.6 Å². The van der Waals surface area contributed by atoms with Gasteiger partial charge in [0.05, 0.1) is 0 Å². The van der Waals surface area contributed by atoms with Gasteiger partial charge < -0.3 is 9.84 Å². The summed E-state index contributed by atoms with van der Waals surface area (Å²) in [7, 11) is 0. The van der Waals surface area contributed by atoms with Gasteiger partial charge in [0.15, 0.2) is 0 Å². The van der Waals surface area contributed by atoms with E-state index >= 15 is 0 Å². The summed E-state index contributed by atoms with van der Waals surface area (Å²) in [5.41, 5.74) is 0.867. The van der Waals surface area contributed by atoms with Crippen molar-refractivity contribution in [3.8, 4) is 0 Å². The molecule has 116 valence electrons. The maximum absolute atomic E-state index is 12.2. The fourth-order valence-electron chi connectivity index (χ4n) is 2.16. The van der Waals surface area contributed by atoms with E-state index in [1.54, 1.807) is 27.7 Å². The van der Waals surface area contributed by atoms with Crippen LogP contribution in [0.25, 0.3) is 0 Å². The van der Waals surface area contributed by atoms with Crippen molar-refractivity contribution in [1.29, 1.82) is 0 Å². The van der Waals surface area contributed by atoms with E-state index in [1.807, 2.05) is 30.3 Å². The van der Waals surface area contributed by atoms with Gasteiger partial charge in [0, 0.05) is 6.04 Å². The molecule has 0 aliphatic rings. The Balaban J connectivity index is 2.80. The van der Waals surface area contributed by atoms with Crippen LogP contribution in [-0.4, -0.2) is 34.2 Å². The van der Waals surface area contributed by atoms with Gasteiger partial charge in [0.1, 0.15) is 12.6 Å². The van der Waals surface area contributed by atoms with E-state index in [0.29, 0.717) is 0 Å². The maximum atomic E-state index is 12.2. The molecule has 21 heavy (non-hydrogen) atoms. The average molecular weight is 293 g/mol. The number of rotatable bonds is 6. The molecular weight excluding hydrogens is 270 g/mol. The molecule has 0 aliphatic carbocycles. The summed E-state index contributed by atoms with van der Waals surface area (Å²) >= 11 is 0. The van der Waals surface area contributed by atoms with E-state index in [4.69, 9.17) is 4.74 Å². The third-order valence-electron chi connectivity index (χ3n) is 3.16. The number of hydrogen-bond donors (Lipinski definition) is 1. The molecule has 1 aromatic rings. The second-order valence-electron chi connectivity index (χ2n) is 5.57. The zero-order valence-corrected chi connectivity index (χ0v) is 12.9. The Morgan fingerprint density at radius 2 is 1.71 bits per heavy atom. The Morgan fingerprint density at radius 1 is 1.14 bits per heavy atom. The molecule has 0 heterocycles. The van der Waals surface area contributed by atoms with E-state index < -0.39 is 18.1 Å². The maximum Gasteiger partial charge on any atom is 0.411 e. The molecule has 1 aromatic carbocycles. The molecule has 0 saturated heterocycles. The van der Waals surface area contributed by atoms with E-state index in [9.17, 15) is 14.7 Å². The summed E-state index contributed by atoms with van der Waals surface area (Å²) in [5.74, 6) is -1.22. The summed E-state index contributed by atoms with van der Waals surface area (Å²) in [5, 5.41) is 9.35. The van der Waals surface area contributed by atoms with Gasteiger partial charge in [-0.1, -0.05) is 44.2 Å². The number of nitrogens with zero attached hydrogens (tertiary/aromatic N) is 1. The van der Waals surface area contributed by atoms with Crippen molar-refractivity contribution in [3.05, 3.63) is 35.9 Å². The monoisotopic (exact) mass is 293 g/mol. The molecule has 5 nitrogen and oxygen atoms in total. The number of aliphatic carboxylic acids is 1. The highest BCUT2D eigenvalue weighted by Crippen LogP contribution is 2.17. The molecule has 1 atom stereocenters. The third kappa shape index (κ3) is 4.77. The molecule has 0 bridgehead atoms. The van der Waals surface area contributed by atoms with Gasteiger partial charge in [-0.2, -0.15) is 0 Å². The van der Waals surface area contributed by atoms with Crippen LogP contribution < -0.4 is 0 Å². The van der Waals surface area contributed by atoms with E-state index in [2.05, 4.69) is 0 Å². The van der Waals surface area contributed by atoms with Gasteiger partial charge in [-0.3, -0.25) is 4.90 Å². The fourth-order valence-corrected chi connectivity index (χ4v) is 2.16. The molecule has 0 aromatic heterocycles. The van der Waals surface area contributed by atoms with Crippen LogP contribution in [0.1, 0.15) is 33.3 Å². The van der Waals surface area contributed by atoms with E-state index in [0.717, 1.165) is 5.56 Å². The first-order valence-corrected chi connectivity index (χ1v) is 7.06. The van der Waals surface area contributed by atoms with E-state index in [1.165, 1.54) is 4.90 Å². The average Bonchev–Trinajstić information content (AvgIpc) is 2.41. The first-order valence-electron chi connectivity index (χ1n) is 7.06. The number of carbonyl (C=O) groups excluding carboxylic acids is 1. The molecule has 1 unspecified atom stereocenters. The zero-order valence-electron chi connectivity index (χ0n) is 12.9. The second kappa shape index (κ2) is 7.67. The summed E-state index contributed by atoms with van der Waals surface area (Å²) in [4.78, 5) is 25.0. The molecule has 5 heteroatoms. The number of amides is 1. The van der Waals surface area contributed by atoms with Crippen LogP contribution in [0.4, 0.5) is 4.79 Å². The van der Waals surface area contributed by atoms with Gasteiger partial charge in [-0.15, -0.1) is 0 Å². The molecule has 0 radical (unpaired) electrons. The highest BCUT2D eigenvalue weighted by molar-refractivity contribution is 5.80. The van der Waals surface area contributed by atoms with Crippen LogP contribution in [0.5, 0.6) is 0 Å². The minimum Gasteiger partial charge on any atom is -0.480 e. The van der Waals surface area contributed by atoms with Crippen molar-refractivity contribution in [1.82, 2.24) is 4.90 Å². The van der Waals surface area contributed by atoms with Crippen LogP contribution in [0.3, 0.4) is 0 Å². The number of carboxylic acid groups (broad SMARTS) is 1. The molecule has 1 amide bonds. The topological polar surface area (TPSA) is 66.8 Å². The quantitative estimate of drug-likeness (QED) is 0.875. The van der Waals surface area contributed by atoms with Crippen LogP contribution in [0, 0.1) is 5.92 Å². The SMILES string of the molecule is CC(C)C(C(=O)O)N(C(=O)OCc1ccccc1)C(C)C. The second-order valence-corrected chi connectivity index (χ2v) is 5.57. The molecule has 1 N–H and O–H groups in total.